The summed E-state index contributed by atoms with van der Waals surface area (Å²) in [5.41, 5.74) is 2.08. The molecule has 0 aliphatic carbocycles. The van der Waals surface area contributed by atoms with E-state index in [1.807, 2.05) is 12.1 Å². The van der Waals surface area contributed by atoms with Crippen molar-refractivity contribution in [2.75, 3.05) is 20.8 Å². The van der Waals surface area contributed by atoms with Crippen LogP contribution in [0, 0.1) is 0 Å². The summed E-state index contributed by atoms with van der Waals surface area (Å²) >= 11 is 0. The maximum Gasteiger partial charge on any atom is 0.325 e. The van der Waals surface area contributed by atoms with Crippen LogP contribution in [-0.4, -0.2) is 48.8 Å². The van der Waals surface area contributed by atoms with E-state index in [9.17, 15) is 9.59 Å². The molecule has 0 fully saturated rings. The number of hydrogen-bond acceptors (Lipinski definition) is 4. The zero-order chi connectivity index (χ0) is 16.3. The topological polar surface area (TPSA) is 88.1 Å². The van der Waals surface area contributed by atoms with Gasteiger partial charge in [-0.3, -0.25) is 4.79 Å². The molecule has 0 aromatic heterocycles. The van der Waals surface area contributed by atoms with Crippen molar-refractivity contribution in [3.8, 4) is 11.5 Å². The molecule has 1 atom stereocenters. The number of carboxylic acid groups (broad SMARTS) is 1. The molecule has 0 saturated heterocycles. The molecule has 0 bridgehead atoms. The lowest BCUT2D eigenvalue weighted by Gasteiger charge is -2.30. The largest absolute Gasteiger partial charge is 0.493 e. The molecule has 2 amide bonds. The van der Waals surface area contributed by atoms with Gasteiger partial charge < -0.3 is 24.8 Å². The summed E-state index contributed by atoms with van der Waals surface area (Å²) in [6, 6.07) is 2.48. The number of ether oxygens (including phenoxy) is 2. The normalized spacial score (nSPS) is 14.8. The fourth-order valence-corrected chi connectivity index (χ4v) is 2.39. The first-order valence-corrected chi connectivity index (χ1v) is 6.98. The van der Waals surface area contributed by atoms with Crippen molar-refractivity contribution >= 4 is 12.0 Å². The number of hydrogen-bond donors (Lipinski definition) is 2. The number of rotatable bonds is 4. The van der Waals surface area contributed by atoms with Gasteiger partial charge in [-0.15, -0.1) is 0 Å². The van der Waals surface area contributed by atoms with Crippen molar-refractivity contribution in [3.63, 3.8) is 0 Å². The molecule has 1 aliphatic rings. The Kier molecular flexibility index (Phi) is 4.75. The molecule has 1 unspecified atom stereocenters. The average Bonchev–Trinajstić information content (AvgIpc) is 2.52. The number of carbonyl (C=O) groups excluding carboxylic acids is 1. The van der Waals surface area contributed by atoms with Crippen LogP contribution in [0.15, 0.2) is 12.1 Å². The number of carboxylic acids is 1. The second-order valence-corrected chi connectivity index (χ2v) is 5.16. The Morgan fingerprint density at radius 1 is 1.23 bits per heavy atom. The van der Waals surface area contributed by atoms with Gasteiger partial charge in [0.05, 0.1) is 14.2 Å². The molecule has 2 rings (SSSR count). The number of nitrogens with zero attached hydrogens (tertiary/aromatic N) is 1. The van der Waals surface area contributed by atoms with Crippen LogP contribution in [0.25, 0.3) is 0 Å². The third kappa shape index (κ3) is 3.24. The lowest BCUT2D eigenvalue weighted by Crippen LogP contribution is -2.48. The van der Waals surface area contributed by atoms with Crippen LogP contribution < -0.4 is 14.8 Å². The first-order valence-electron chi connectivity index (χ1n) is 6.98. The number of methoxy groups -OCH3 is 2. The highest BCUT2D eigenvalue weighted by Gasteiger charge is 2.24. The minimum atomic E-state index is -1.06. The van der Waals surface area contributed by atoms with Gasteiger partial charge in [-0.25, -0.2) is 4.79 Å². The van der Waals surface area contributed by atoms with E-state index < -0.39 is 12.0 Å². The molecule has 1 heterocycles. The van der Waals surface area contributed by atoms with Gasteiger partial charge in [-0.05, 0) is 36.6 Å². The number of nitrogens with one attached hydrogen (secondary N) is 1. The molecule has 0 radical (unpaired) electrons. The van der Waals surface area contributed by atoms with E-state index in [1.54, 1.807) is 19.1 Å². The summed E-state index contributed by atoms with van der Waals surface area (Å²) < 4.78 is 10.5. The predicted molar refractivity (Wildman–Crippen MR) is 79.3 cm³/mol. The van der Waals surface area contributed by atoms with Gasteiger partial charge in [0.1, 0.15) is 6.04 Å². The monoisotopic (exact) mass is 308 g/mol. The van der Waals surface area contributed by atoms with Crippen molar-refractivity contribution in [1.82, 2.24) is 10.2 Å². The number of amides is 2. The number of aliphatic carboxylic acids is 1. The molecule has 1 aliphatic heterocycles. The standard InChI is InChI=1S/C15H20N2O5/c1-9(14(18)19)16-15(20)17-5-4-10-6-12(21-2)13(22-3)7-11(10)8-17/h6-7,9H,4-5,8H2,1-3H3,(H,16,20)(H,18,19). The van der Waals surface area contributed by atoms with Crippen molar-refractivity contribution in [2.24, 2.45) is 0 Å². The van der Waals surface area contributed by atoms with Gasteiger partial charge in [0.2, 0.25) is 0 Å². The van der Waals surface area contributed by atoms with E-state index in [2.05, 4.69) is 5.32 Å². The number of fused-ring (bicyclic) bond motifs is 1. The van der Waals surface area contributed by atoms with Crippen LogP contribution in [0.2, 0.25) is 0 Å². The van der Waals surface area contributed by atoms with E-state index in [0.29, 0.717) is 31.0 Å². The molecule has 22 heavy (non-hydrogen) atoms. The van der Waals surface area contributed by atoms with Gasteiger partial charge in [0.25, 0.3) is 0 Å². The average molecular weight is 308 g/mol. The molecule has 2 N–H and O–H groups in total. The fraction of sp³-hybridized carbons (Fsp3) is 0.467. The Hall–Kier alpha value is -2.44. The Labute approximate surface area is 128 Å². The molecule has 0 spiro atoms. The summed E-state index contributed by atoms with van der Waals surface area (Å²) in [5.74, 6) is 0.221. The minimum absolute atomic E-state index is 0.379. The van der Waals surface area contributed by atoms with Crippen molar-refractivity contribution < 1.29 is 24.2 Å². The Balaban J connectivity index is 2.14. The maximum absolute atomic E-state index is 12.1. The molecule has 7 nitrogen and oxygen atoms in total. The van der Waals surface area contributed by atoms with Gasteiger partial charge >= 0.3 is 12.0 Å². The summed E-state index contributed by atoms with van der Waals surface area (Å²) in [6.07, 6.45) is 0.685. The second-order valence-electron chi connectivity index (χ2n) is 5.16. The van der Waals surface area contributed by atoms with Gasteiger partial charge in [0, 0.05) is 13.1 Å². The molecule has 0 saturated carbocycles. The SMILES string of the molecule is COc1cc2c(cc1OC)CN(C(=O)NC(C)C(=O)O)CC2. The summed E-state index contributed by atoms with van der Waals surface area (Å²) in [5, 5.41) is 11.3. The van der Waals surface area contributed by atoms with E-state index in [1.165, 1.54) is 6.92 Å². The molecule has 7 heteroatoms. The third-order valence-corrected chi connectivity index (χ3v) is 3.72. The van der Waals surface area contributed by atoms with E-state index in [0.717, 1.165) is 11.1 Å². The fourth-order valence-electron chi connectivity index (χ4n) is 2.39. The number of carbonyl (C=O) groups is 2. The Morgan fingerprint density at radius 2 is 1.82 bits per heavy atom. The summed E-state index contributed by atoms with van der Waals surface area (Å²) in [6.45, 7) is 2.38. The van der Waals surface area contributed by atoms with Crippen LogP contribution in [0.4, 0.5) is 4.79 Å². The lowest BCUT2D eigenvalue weighted by atomic mass is 9.99. The van der Waals surface area contributed by atoms with Crippen LogP contribution in [0.5, 0.6) is 11.5 Å². The first-order chi connectivity index (χ1) is 10.5. The molecule has 1 aromatic rings. The van der Waals surface area contributed by atoms with E-state index >= 15 is 0 Å². The zero-order valence-corrected chi connectivity index (χ0v) is 12.9. The highest BCUT2D eigenvalue weighted by atomic mass is 16.5. The third-order valence-electron chi connectivity index (χ3n) is 3.72. The highest BCUT2D eigenvalue weighted by molar-refractivity contribution is 5.82. The quantitative estimate of drug-likeness (QED) is 0.874. The minimum Gasteiger partial charge on any atom is -0.493 e. The zero-order valence-electron chi connectivity index (χ0n) is 12.9. The van der Waals surface area contributed by atoms with E-state index in [-0.39, 0.29) is 6.03 Å². The van der Waals surface area contributed by atoms with Gasteiger partial charge in [0.15, 0.2) is 11.5 Å². The van der Waals surface area contributed by atoms with Crippen LogP contribution in [0.1, 0.15) is 18.1 Å². The van der Waals surface area contributed by atoms with Crippen molar-refractivity contribution in [2.45, 2.75) is 25.9 Å². The van der Waals surface area contributed by atoms with Gasteiger partial charge in [-0.1, -0.05) is 0 Å². The summed E-state index contributed by atoms with van der Waals surface area (Å²) in [7, 11) is 3.15. The van der Waals surface area contributed by atoms with E-state index in [4.69, 9.17) is 14.6 Å². The smallest absolute Gasteiger partial charge is 0.325 e. The second kappa shape index (κ2) is 6.55. The number of benzene rings is 1. The van der Waals surface area contributed by atoms with Crippen molar-refractivity contribution in [1.29, 1.82) is 0 Å². The maximum atomic E-state index is 12.1. The van der Waals surface area contributed by atoms with Crippen LogP contribution in [0.3, 0.4) is 0 Å². The molecule has 1 aromatic carbocycles. The number of urea groups is 1. The van der Waals surface area contributed by atoms with Crippen LogP contribution >= 0.6 is 0 Å². The summed E-state index contributed by atoms with van der Waals surface area (Å²) in [4.78, 5) is 24.5. The van der Waals surface area contributed by atoms with Crippen LogP contribution in [-0.2, 0) is 17.8 Å². The Bertz CT molecular complexity index is 588. The Morgan fingerprint density at radius 3 is 2.36 bits per heavy atom. The lowest BCUT2D eigenvalue weighted by molar-refractivity contribution is -0.138. The highest BCUT2D eigenvalue weighted by Crippen LogP contribution is 2.33. The molecular formula is C15H20N2O5. The predicted octanol–water partition coefficient (Wildman–Crippen LogP) is 1.24. The van der Waals surface area contributed by atoms with Gasteiger partial charge in [-0.2, -0.15) is 0 Å². The first kappa shape index (κ1) is 15.9. The van der Waals surface area contributed by atoms with Crippen molar-refractivity contribution in [3.05, 3.63) is 23.3 Å². The molecule has 120 valence electrons. The molecular weight excluding hydrogens is 288 g/mol.